The Morgan fingerprint density at radius 2 is 1.58 bits per heavy atom. The van der Waals surface area contributed by atoms with E-state index in [4.69, 9.17) is 0 Å². The monoisotopic (exact) mass is 343 g/mol. The van der Waals surface area contributed by atoms with Crippen molar-refractivity contribution in [2.45, 2.75) is 56.8 Å². The molecule has 1 N–H and O–H groups in total. The van der Waals surface area contributed by atoms with Crippen LogP contribution in [-0.4, -0.2) is 8.42 Å². The molecule has 0 aromatic heterocycles. The van der Waals surface area contributed by atoms with E-state index in [1.54, 1.807) is 18.2 Å². The molecule has 0 heterocycles. The molecule has 1 aliphatic carbocycles. The highest BCUT2D eigenvalue weighted by molar-refractivity contribution is 7.92. The third-order valence-electron chi connectivity index (χ3n) is 5.12. The van der Waals surface area contributed by atoms with Crippen molar-refractivity contribution in [3.05, 3.63) is 59.2 Å². The second kappa shape index (κ2) is 6.98. The maximum absolute atomic E-state index is 12.6. The predicted octanol–water partition coefficient (Wildman–Crippen LogP) is 5.15. The summed E-state index contributed by atoms with van der Waals surface area (Å²) < 4.78 is 28.0. The fourth-order valence-electron chi connectivity index (χ4n) is 3.42. The largest absolute Gasteiger partial charge is 0.279 e. The molecule has 0 bridgehead atoms. The van der Waals surface area contributed by atoms with Gasteiger partial charge in [-0.05, 0) is 67.5 Å². The average molecular weight is 343 g/mol. The van der Waals surface area contributed by atoms with Crippen molar-refractivity contribution in [2.75, 3.05) is 4.72 Å². The van der Waals surface area contributed by atoms with Crippen molar-refractivity contribution >= 4 is 15.7 Å². The Hall–Kier alpha value is -1.81. The summed E-state index contributed by atoms with van der Waals surface area (Å²) in [5, 5.41) is 0. The summed E-state index contributed by atoms with van der Waals surface area (Å²) in [5.74, 6) is 0.586. The number of rotatable bonds is 4. The van der Waals surface area contributed by atoms with Gasteiger partial charge in [0.1, 0.15) is 0 Å². The van der Waals surface area contributed by atoms with Gasteiger partial charge in [-0.2, -0.15) is 0 Å². The number of hydrogen-bond acceptors (Lipinski definition) is 2. The zero-order valence-corrected chi connectivity index (χ0v) is 15.2. The lowest BCUT2D eigenvalue weighted by atomic mass is 9.84. The van der Waals surface area contributed by atoms with Gasteiger partial charge in [-0.1, -0.05) is 43.5 Å². The quantitative estimate of drug-likeness (QED) is 0.834. The molecule has 3 rings (SSSR count). The molecule has 0 saturated heterocycles. The highest BCUT2D eigenvalue weighted by Gasteiger charge is 2.18. The van der Waals surface area contributed by atoms with Crippen LogP contribution >= 0.6 is 0 Å². The second-order valence-electron chi connectivity index (χ2n) is 6.76. The van der Waals surface area contributed by atoms with Crippen LogP contribution in [0.4, 0.5) is 5.69 Å². The maximum atomic E-state index is 12.6. The topological polar surface area (TPSA) is 46.2 Å². The molecule has 128 valence electrons. The van der Waals surface area contributed by atoms with Crippen molar-refractivity contribution in [3.63, 3.8) is 0 Å². The number of benzene rings is 2. The van der Waals surface area contributed by atoms with Crippen molar-refractivity contribution in [1.29, 1.82) is 0 Å². The first kappa shape index (κ1) is 17.0. The molecule has 0 unspecified atom stereocenters. The Morgan fingerprint density at radius 3 is 2.25 bits per heavy atom. The Kier molecular flexibility index (Phi) is 4.95. The van der Waals surface area contributed by atoms with Crippen molar-refractivity contribution in [3.8, 4) is 0 Å². The van der Waals surface area contributed by atoms with Gasteiger partial charge in [-0.25, -0.2) is 8.42 Å². The van der Waals surface area contributed by atoms with E-state index >= 15 is 0 Å². The van der Waals surface area contributed by atoms with Gasteiger partial charge in [0, 0.05) is 0 Å². The summed E-state index contributed by atoms with van der Waals surface area (Å²) in [7, 11) is -3.55. The summed E-state index contributed by atoms with van der Waals surface area (Å²) in [5.41, 5.74) is 3.94. The molecule has 0 radical (unpaired) electrons. The molecule has 1 saturated carbocycles. The minimum absolute atomic E-state index is 0.322. The highest BCUT2D eigenvalue weighted by atomic mass is 32.2. The molecule has 0 aliphatic heterocycles. The van der Waals surface area contributed by atoms with Gasteiger partial charge in [0.2, 0.25) is 0 Å². The van der Waals surface area contributed by atoms with E-state index < -0.39 is 10.0 Å². The number of anilines is 1. The Bertz CT molecular complexity index is 804. The standard InChI is InChI=1S/C20H25NO2S/c1-15-7-6-10-20(16(15)2)21-24(22,23)19-13-11-18(12-14-19)17-8-4-3-5-9-17/h6-7,10-14,17,21H,3-5,8-9H2,1-2H3. The minimum Gasteiger partial charge on any atom is -0.279 e. The van der Waals surface area contributed by atoms with Crippen molar-refractivity contribution < 1.29 is 8.42 Å². The molecule has 1 aliphatic rings. The first-order chi connectivity index (χ1) is 11.5. The van der Waals surface area contributed by atoms with Gasteiger partial charge in [-0.3, -0.25) is 4.72 Å². The first-order valence-corrected chi connectivity index (χ1v) is 10.1. The van der Waals surface area contributed by atoms with Gasteiger partial charge in [0.25, 0.3) is 10.0 Å². The Balaban J connectivity index is 1.80. The molecular weight excluding hydrogens is 318 g/mol. The zero-order chi connectivity index (χ0) is 17.2. The van der Waals surface area contributed by atoms with E-state index in [-0.39, 0.29) is 0 Å². The van der Waals surface area contributed by atoms with Gasteiger partial charge in [0.05, 0.1) is 10.6 Å². The SMILES string of the molecule is Cc1cccc(NS(=O)(=O)c2ccc(C3CCCCC3)cc2)c1C. The fourth-order valence-corrected chi connectivity index (χ4v) is 4.54. The fraction of sp³-hybridized carbons (Fsp3) is 0.400. The highest BCUT2D eigenvalue weighted by Crippen LogP contribution is 2.33. The van der Waals surface area contributed by atoms with Gasteiger partial charge in [-0.15, -0.1) is 0 Å². The number of aryl methyl sites for hydroxylation is 1. The Labute approximate surface area is 145 Å². The van der Waals surface area contributed by atoms with Gasteiger partial charge < -0.3 is 0 Å². The van der Waals surface area contributed by atoms with Crippen LogP contribution in [0.3, 0.4) is 0 Å². The summed E-state index contributed by atoms with van der Waals surface area (Å²) in [6.45, 7) is 3.91. The van der Waals surface area contributed by atoms with Crippen LogP contribution in [0.15, 0.2) is 47.4 Å². The lowest BCUT2D eigenvalue weighted by Gasteiger charge is -2.22. The molecule has 2 aromatic rings. The Morgan fingerprint density at radius 1 is 0.917 bits per heavy atom. The summed E-state index contributed by atoms with van der Waals surface area (Å²) in [6.07, 6.45) is 6.31. The lowest BCUT2D eigenvalue weighted by Crippen LogP contribution is -2.14. The van der Waals surface area contributed by atoms with E-state index in [1.807, 2.05) is 38.1 Å². The summed E-state index contributed by atoms with van der Waals surface area (Å²) in [6, 6.07) is 13.1. The minimum atomic E-state index is -3.55. The van der Waals surface area contributed by atoms with E-state index in [0.29, 0.717) is 16.5 Å². The normalized spacial score (nSPS) is 16.1. The molecule has 4 heteroatoms. The van der Waals surface area contributed by atoms with Gasteiger partial charge in [0.15, 0.2) is 0 Å². The van der Waals surface area contributed by atoms with Crippen LogP contribution < -0.4 is 4.72 Å². The van der Waals surface area contributed by atoms with Crippen LogP contribution in [0.1, 0.15) is 54.7 Å². The lowest BCUT2D eigenvalue weighted by molar-refractivity contribution is 0.443. The third-order valence-corrected chi connectivity index (χ3v) is 6.50. The molecule has 1 fully saturated rings. The molecule has 0 atom stereocenters. The van der Waals surface area contributed by atoms with Crippen LogP contribution in [0.2, 0.25) is 0 Å². The molecular formula is C20H25NO2S. The smallest absolute Gasteiger partial charge is 0.261 e. The van der Waals surface area contributed by atoms with Crippen LogP contribution in [0.5, 0.6) is 0 Å². The van der Waals surface area contributed by atoms with E-state index in [9.17, 15) is 8.42 Å². The van der Waals surface area contributed by atoms with Crippen LogP contribution in [-0.2, 0) is 10.0 Å². The summed E-state index contributed by atoms with van der Waals surface area (Å²) >= 11 is 0. The van der Waals surface area contributed by atoms with Crippen molar-refractivity contribution in [2.24, 2.45) is 0 Å². The molecule has 0 amide bonds. The molecule has 3 nitrogen and oxygen atoms in total. The van der Waals surface area contributed by atoms with E-state index in [2.05, 4.69) is 4.72 Å². The summed E-state index contributed by atoms with van der Waals surface area (Å²) in [4.78, 5) is 0.322. The zero-order valence-electron chi connectivity index (χ0n) is 14.4. The first-order valence-electron chi connectivity index (χ1n) is 8.66. The van der Waals surface area contributed by atoms with E-state index in [1.165, 1.54) is 37.7 Å². The van der Waals surface area contributed by atoms with Crippen LogP contribution in [0.25, 0.3) is 0 Å². The second-order valence-corrected chi connectivity index (χ2v) is 8.44. The molecule has 24 heavy (non-hydrogen) atoms. The average Bonchev–Trinajstić information content (AvgIpc) is 2.60. The number of sulfonamides is 1. The van der Waals surface area contributed by atoms with Crippen molar-refractivity contribution in [1.82, 2.24) is 0 Å². The number of nitrogens with one attached hydrogen (secondary N) is 1. The maximum Gasteiger partial charge on any atom is 0.261 e. The van der Waals surface area contributed by atoms with E-state index in [0.717, 1.165) is 11.1 Å². The van der Waals surface area contributed by atoms with Crippen LogP contribution in [0, 0.1) is 13.8 Å². The molecule has 2 aromatic carbocycles. The molecule has 0 spiro atoms. The van der Waals surface area contributed by atoms with Gasteiger partial charge >= 0.3 is 0 Å². The third kappa shape index (κ3) is 3.64. The predicted molar refractivity (Wildman–Crippen MR) is 99.0 cm³/mol. The number of hydrogen-bond donors (Lipinski definition) is 1.